The highest BCUT2D eigenvalue weighted by Gasteiger charge is 2.25. The van der Waals surface area contributed by atoms with Gasteiger partial charge >= 0.3 is 0 Å². The molecular weight excluding hydrogens is 533 g/mol. The fraction of sp³-hybridized carbons (Fsp3) is 0.478. The molecule has 0 saturated heterocycles. The smallest absolute Gasteiger partial charge is 0.276 e. The lowest BCUT2D eigenvalue weighted by Crippen LogP contribution is -2.35. The number of carbonyl (C=O) groups is 1. The highest BCUT2D eigenvalue weighted by molar-refractivity contribution is 14.1. The lowest BCUT2D eigenvalue weighted by Gasteiger charge is -2.27. The van der Waals surface area contributed by atoms with Crippen molar-refractivity contribution in [1.29, 1.82) is 5.26 Å². The van der Waals surface area contributed by atoms with E-state index in [0.29, 0.717) is 42.4 Å². The number of nitrogens with one attached hydrogen (secondary N) is 2. The molecule has 3 aromatic rings. The zero-order chi connectivity index (χ0) is 24.2. The second-order valence-electron chi connectivity index (χ2n) is 8.73. The molecule has 33 heavy (non-hydrogen) atoms. The van der Waals surface area contributed by atoms with Crippen molar-refractivity contribution in [3.63, 3.8) is 0 Å². The molecule has 3 rings (SSSR count). The van der Waals surface area contributed by atoms with Crippen molar-refractivity contribution >= 4 is 45.5 Å². The Morgan fingerprint density at radius 3 is 2.76 bits per heavy atom. The van der Waals surface area contributed by atoms with E-state index in [2.05, 4.69) is 58.2 Å². The van der Waals surface area contributed by atoms with Crippen molar-refractivity contribution in [2.45, 2.75) is 40.8 Å². The number of nitrogens with zero attached hydrogens (tertiary/aromatic N) is 5. The zero-order valence-corrected chi connectivity index (χ0v) is 21.9. The van der Waals surface area contributed by atoms with Gasteiger partial charge in [-0.3, -0.25) is 14.8 Å². The summed E-state index contributed by atoms with van der Waals surface area (Å²) in [5.41, 5.74) is 3.25. The molecule has 176 valence electrons. The van der Waals surface area contributed by atoms with E-state index >= 15 is 0 Å². The number of aromatic nitrogens is 4. The largest absolute Gasteiger partial charge is 0.383 e. The van der Waals surface area contributed by atoms with Crippen LogP contribution >= 0.6 is 22.6 Å². The highest BCUT2D eigenvalue weighted by Crippen LogP contribution is 2.30. The quantitative estimate of drug-likeness (QED) is 0.289. The Balaban J connectivity index is 2.00. The number of benzene rings is 1. The summed E-state index contributed by atoms with van der Waals surface area (Å²) in [7, 11) is 1.68. The summed E-state index contributed by atoms with van der Waals surface area (Å²) in [6.07, 6.45) is 0. The first-order valence-electron chi connectivity index (χ1n) is 10.8. The van der Waals surface area contributed by atoms with Crippen LogP contribution in [0.1, 0.15) is 42.5 Å². The van der Waals surface area contributed by atoms with E-state index in [1.54, 1.807) is 23.9 Å². The Hall–Kier alpha value is -2.49. The fourth-order valence-corrected chi connectivity index (χ4v) is 4.65. The summed E-state index contributed by atoms with van der Waals surface area (Å²) < 4.78 is 9.75. The molecular formula is C23H30IN7O2. The van der Waals surface area contributed by atoms with E-state index in [9.17, 15) is 10.1 Å². The molecule has 0 aliphatic carbocycles. The Kier molecular flexibility index (Phi) is 8.10. The van der Waals surface area contributed by atoms with Gasteiger partial charge in [-0.05, 0) is 60.1 Å². The predicted molar refractivity (Wildman–Crippen MR) is 136 cm³/mol. The number of halogens is 1. The minimum Gasteiger partial charge on any atom is -0.383 e. The monoisotopic (exact) mass is 563 g/mol. The van der Waals surface area contributed by atoms with Gasteiger partial charge in [0.15, 0.2) is 0 Å². The molecule has 0 unspecified atom stereocenters. The first-order chi connectivity index (χ1) is 15.7. The number of fused-ring (bicyclic) bond motifs is 1. The van der Waals surface area contributed by atoms with Gasteiger partial charge in [0.2, 0.25) is 5.95 Å². The molecule has 2 N–H and O–H groups in total. The third-order valence-corrected chi connectivity index (χ3v) is 6.08. The van der Waals surface area contributed by atoms with Crippen LogP contribution in [0.4, 0.5) is 5.95 Å². The number of rotatable bonds is 10. The molecule has 1 aromatic carbocycles. The van der Waals surface area contributed by atoms with Crippen molar-refractivity contribution in [2.75, 3.05) is 32.1 Å². The lowest BCUT2D eigenvalue weighted by molar-refractivity contribution is 0.101. The van der Waals surface area contributed by atoms with Crippen molar-refractivity contribution in [3.8, 4) is 6.07 Å². The van der Waals surface area contributed by atoms with Crippen LogP contribution in [0.25, 0.3) is 11.0 Å². The number of hydrogen-bond donors (Lipinski definition) is 2. The molecule has 0 atom stereocenters. The molecule has 0 saturated carbocycles. The fourth-order valence-electron chi connectivity index (χ4n) is 3.75. The minimum absolute atomic E-state index is 0.139. The Morgan fingerprint density at radius 1 is 1.33 bits per heavy atom. The molecule has 9 nitrogen and oxygen atoms in total. The number of methoxy groups -OCH3 is 1. The van der Waals surface area contributed by atoms with E-state index in [-0.39, 0.29) is 11.3 Å². The van der Waals surface area contributed by atoms with Crippen LogP contribution in [0.3, 0.4) is 0 Å². The average Bonchev–Trinajstić information content (AvgIpc) is 3.31. The summed E-state index contributed by atoms with van der Waals surface area (Å²) >= 11 is 2.23. The van der Waals surface area contributed by atoms with Crippen LogP contribution in [0, 0.1) is 27.2 Å². The van der Waals surface area contributed by atoms with Crippen molar-refractivity contribution in [1.82, 2.24) is 24.6 Å². The van der Waals surface area contributed by atoms with E-state index in [0.717, 1.165) is 27.9 Å². The standard InChI is InChI=1S/C23H30IN7O2/c1-6-31-19(9-15(2)29-31)21(32)28-22-27-18-11-16(12-25)10-17(24)20(18)30(22)14-23(3,4)13-26-7-8-33-5/h9-11,26H,6-8,13-14H2,1-5H3,(H,27,28,32). The van der Waals surface area contributed by atoms with E-state index < -0.39 is 0 Å². The topological polar surface area (TPSA) is 110 Å². The SMILES string of the molecule is CCn1nc(C)cc1C(=O)Nc1nc2cc(C#N)cc(I)c2n1CC(C)(C)CNCCOC. The zero-order valence-electron chi connectivity index (χ0n) is 19.7. The number of imidazole rings is 1. The van der Waals surface area contributed by atoms with E-state index in [1.165, 1.54) is 0 Å². The van der Waals surface area contributed by atoms with E-state index in [1.807, 2.05) is 24.5 Å². The number of ether oxygens (including phenoxy) is 1. The molecule has 0 spiro atoms. The number of amides is 1. The number of aryl methyl sites for hydroxylation is 2. The maximum Gasteiger partial charge on any atom is 0.276 e. The number of nitriles is 1. The van der Waals surface area contributed by atoms with Gasteiger partial charge in [-0.1, -0.05) is 13.8 Å². The third kappa shape index (κ3) is 5.90. The van der Waals surface area contributed by atoms with Crippen molar-refractivity contribution in [2.24, 2.45) is 5.41 Å². The average molecular weight is 563 g/mol. The van der Waals surface area contributed by atoms with E-state index in [4.69, 9.17) is 9.72 Å². The van der Waals surface area contributed by atoms with Crippen molar-refractivity contribution < 1.29 is 9.53 Å². The van der Waals surface area contributed by atoms with Crippen LogP contribution in [0.15, 0.2) is 18.2 Å². The molecule has 0 bridgehead atoms. The Labute approximate surface area is 207 Å². The van der Waals surface area contributed by atoms with Crippen molar-refractivity contribution in [3.05, 3.63) is 38.7 Å². The van der Waals surface area contributed by atoms with Crippen LogP contribution in [0.5, 0.6) is 0 Å². The second kappa shape index (κ2) is 10.6. The van der Waals surface area contributed by atoms with Crippen LogP contribution < -0.4 is 10.6 Å². The summed E-state index contributed by atoms with van der Waals surface area (Å²) in [5, 5.41) is 20.2. The van der Waals surface area contributed by atoms with Gasteiger partial charge in [-0.2, -0.15) is 10.4 Å². The van der Waals surface area contributed by atoms with Gasteiger partial charge in [-0.25, -0.2) is 4.98 Å². The maximum atomic E-state index is 13.1. The molecule has 10 heteroatoms. The Bertz CT molecular complexity index is 1190. The van der Waals surface area contributed by atoms with Gasteiger partial charge in [0.05, 0.1) is 35.0 Å². The third-order valence-electron chi connectivity index (χ3n) is 5.26. The van der Waals surface area contributed by atoms with Gasteiger partial charge < -0.3 is 14.6 Å². The second-order valence-corrected chi connectivity index (χ2v) is 9.90. The molecule has 1 amide bonds. The van der Waals surface area contributed by atoms with Gasteiger partial charge in [-0.15, -0.1) is 0 Å². The van der Waals surface area contributed by atoms with Crippen LogP contribution in [-0.2, 0) is 17.8 Å². The minimum atomic E-state index is -0.263. The van der Waals surface area contributed by atoms with Gasteiger partial charge in [0.1, 0.15) is 5.69 Å². The molecule has 0 fully saturated rings. The van der Waals surface area contributed by atoms with Gasteiger partial charge in [0, 0.05) is 36.9 Å². The number of anilines is 1. The summed E-state index contributed by atoms with van der Waals surface area (Å²) in [5.74, 6) is 0.190. The lowest BCUT2D eigenvalue weighted by atomic mass is 9.93. The first-order valence-corrected chi connectivity index (χ1v) is 11.9. The summed E-state index contributed by atoms with van der Waals surface area (Å²) in [6.45, 7) is 11.5. The first kappa shape index (κ1) is 25.1. The molecule has 2 aromatic heterocycles. The maximum absolute atomic E-state index is 13.1. The van der Waals surface area contributed by atoms with Gasteiger partial charge in [0.25, 0.3) is 5.91 Å². The normalized spacial score (nSPS) is 11.7. The van der Waals surface area contributed by atoms with Crippen LogP contribution in [0.2, 0.25) is 0 Å². The number of hydrogen-bond acceptors (Lipinski definition) is 6. The molecule has 2 heterocycles. The Morgan fingerprint density at radius 2 is 2.09 bits per heavy atom. The van der Waals surface area contributed by atoms with Crippen LogP contribution in [-0.4, -0.2) is 52.0 Å². The predicted octanol–water partition coefficient (Wildman–Crippen LogP) is 3.55. The molecule has 0 radical (unpaired) electrons. The molecule has 0 aliphatic heterocycles. The summed E-state index contributed by atoms with van der Waals surface area (Å²) in [6, 6.07) is 7.55. The molecule has 0 aliphatic rings. The summed E-state index contributed by atoms with van der Waals surface area (Å²) in [4.78, 5) is 17.9. The highest BCUT2D eigenvalue weighted by atomic mass is 127. The number of carbonyl (C=O) groups excluding carboxylic acids is 1.